The molecule has 0 aliphatic carbocycles. The molecule has 0 bridgehead atoms. The van der Waals surface area contributed by atoms with E-state index in [1.165, 1.54) is 12.1 Å². The molecule has 98 valence electrons. The fourth-order valence-electron chi connectivity index (χ4n) is 2.33. The molecule has 0 N–H and O–H groups in total. The summed E-state index contributed by atoms with van der Waals surface area (Å²) in [6.45, 7) is 2.73. The van der Waals surface area contributed by atoms with Gasteiger partial charge in [-0.2, -0.15) is 0 Å². The van der Waals surface area contributed by atoms with Crippen molar-refractivity contribution in [3.8, 4) is 0 Å². The molecule has 1 saturated heterocycles. The molecule has 0 radical (unpaired) electrons. The highest BCUT2D eigenvalue weighted by atomic mass is 19.1. The zero-order valence-electron chi connectivity index (χ0n) is 10.7. The molecule has 0 aromatic heterocycles. The lowest BCUT2D eigenvalue weighted by Crippen LogP contribution is -2.10. The lowest BCUT2D eigenvalue weighted by atomic mass is 9.99. The molecule has 1 aliphatic rings. The molecular weight excluding hydrogens is 231 g/mol. The summed E-state index contributed by atoms with van der Waals surface area (Å²) in [6.07, 6.45) is 4.07. The van der Waals surface area contributed by atoms with E-state index in [2.05, 4.69) is 0 Å². The molecule has 1 atom stereocenters. The Bertz CT molecular complexity index is 423. The largest absolute Gasteiger partial charge is 0.378 e. The third kappa shape index (κ3) is 3.64. The molecule has 3 heteroatoms. The zero-order valence-corrected chi connectivity index (χ0v) is 10.7. The Morgan fingerprint density at radius 1 is 1.50 bits per heavy atom. The minimum absolute atomic E-state index is 0.166. The van der Waals surface area contributed by atoms with E-state index in [1.807, 2.05) is 6.92 Å². The first-order chi connectivity index (χ1) is 8.65. The van der Waals surface area contributed by atoms with Crippen molar-refractivity contribution >= 4 is 5.78 Å². The number of benzene rings is 1. The van der Waals surface area contributed by atoms with Crippen molar-refractivity contribution in [3.63, 3.8) is 0 Å². The Balaban J connectivity index is 1.84. The lowest BCUT2D eigenvalue weighted by molar-refractivity contribution is -0.119. The van der Waals surface area contributed by atoms with Crippen molar-refractivity contribution in [2.75, 3.05) is 6.61 Å². The SMILES string of the molecule is Cc1ccc(F)cc1CC(=O)CCC1CCCO1. The Morgan fingerprint density at radius 3 is 3.06 bits per heavy atom. The van der Waals surface area contributed by atoms with E-state index in [9.17, 15) is 9.18 Å². The number of hydrogen-bond acceptors (Lipinski definition) is 2. The van der Waals surface area contributed by atoms with Crippen LogP contribution in [0.3, 0.4) is 0 Å². The Kier molecular flexibility index (Phi) is 4.48. The van der Waals surface area contributed by atoms with E-state index in [4.69, 9.17) is 4.74 Å². The molecule has 0 saturated carbocycles. The highest BCUT2D eigenvalue weighted by Crippen LogP contribution is 2.18. The van der Waals surface area contributed by atoms with Crippen LogP contribution in [0.2, 0.25) is 0 Å². The van der Waals surface area contributed by atoms with Gasteiger partial charge in [0, 0.05) is 19.4 Å². The smallest absolute Gasteiger partial charge is 0.137 e. The van der Waals surface area contributed by atoms with E-state index in [0.717, 1.165) is 37.0 Å². The fourth-order valence-corrected chi connectivity index (χ4v) is 2.33. The standard InChI is InChI=1S/C15H19FO2/c1-11-4-5-13(16)9-12(11)10-14(17)6-7-15-3-2-8-18-15/h4-5,9,15H,2-3,6-8,10H2,1H3. The van der Waals surface area contributed by atoms with Crippen molar-refractivity contribution in [1.82, 2.24) is 0 Å². The Hall–Kier alpha value is -1.22. The van der Waals surface area contributed by atoms with Crippen molar-refractivity contribution in [3.05, 3.63) is 35.1 Å². The minimum atomic E-state index is -0.275. The molecule has 1 aromatic carbocycles. The van der Waals surface area contributed by atoms with Gasteiger partial charge in [0.25, 0.3) is 0 Å². The first kappa shape index (κ1) is 13.2. The molecule has 2 nitrogen and oxygen atoms in total. The van der Waals surface area contributed by atoms with Crippen LogP contribution in [0.25, 0.3) is 0 Å². The topological polar surface area (TPSA) is 26.3 Å². The quantitative estimate of drug-likeness (QED) is 0.802. The number of carbonyl (C=O) groups excluding carboxylic acids is 1. The number of hydrogen-bond donors (Lipinski definition) is 0. The number of Topliss-reactive ketones (excluding diaryl/α,β-unsaturated/α-hetero) is 1. The van der Waals surface area contributed by atoms with Gasteiger partial charge in [0.15, 0.2) is 0 Å². The van der Waals surface area contributed by atoms with Crippen LogP contribution < -0.4 is 0 Å². The molecule has 2 rings (SSSR count). The van der Waals surface area contributed by atoms with Gasteiger partial charge in [-0.15, -0.1) is 0 Å². The Morgan fingerprint density at radius 2 is 2.33 bits per heavy atom. The summed E-state index contributed by atoms with van der Waals surface area (Å²) < 4.78 is 18.6. The fraction of sp³-hybridized carbons (Fsp3) is 0.533. The van der Waals surface area contributed by atoms with Crippen molar-refractivity contribution in [1.29, 1.82) is 0 Å². The summed E-state index contributed by atoms with van der Waals surface area (Å²) in [7, 11) is 0. The molecule has 1 aromatic rings. The maximum Gasteiger partial charge on any atom is 0.137 e. The summed E-state index contributed by atoms with van der Waals surface area (Å²) in [5, 5.41) is 0. The first-order valence-corrected chi connectivity index (χ1v) is 6.53. The third-order valence-corrected chi connectivity index (χ3v) is 3.47. The lowest BCUT2D eigenvalue weighted by Gasteiger charge is -2.09. The van der Waals surface area contributed by atoms with Crippen LogP contribution >= 0.6 is 0 Å². The van der Waals surface area contributed by atoms with Gasteiger partial charge < -0.3 is 4.74 Å². The minimum Gasteiger partial charge on any atom is -0.378 e. The highest BCUT2D eigenvalue weighted by Gasteiger charge is 2.17. The molecule has 1 aliphatic heterocycles. The first-order valence-electron chi connectivity index (χ1n) is 6.53. The van der Waals surface area contributed by atoms with Crippen LogP contribution in [0, 0.1) is 12.7 Å². The predicted molar refractivity (Wildman–Crippen MR) is 68.1 cm³/mol. The number of halogens is 1. The Labute approximate surface area is 107 Å². The molecular formula is C15H19FO2. The van der Waals surface area contributed by atoms with Crippen LogP contribution in [0.15, 0.2) is 18.2 Å². The summed E-state index contributed by atoms with van der Waals surface area (Å²) in [6, 6.07) is 4.60. The molecule has 1 unspecified atom stereocenters. The summed E-state index contributed by atoms with van der Waals surface area (Å²) in [4.78, 5) is 11.9. The predicted octanol–water partition coefficient (Wildman–Crippen LogP) is 3.20. The van der Waals surface area contributed by atoms with E-state index >= 15 is 0 Å². The number of ketones is 1. The van der Waals surface area contributed by atoms with Crippen LogP contribution in [0.5, 0.6) is 0 Å². The van der Waals surface area contributed by atoms with Crippen LogP contribution in [-0.4, -0.2) is 18.5 Å². The average molecular weight is 250 g/mol. The summed E-state index contributed by atoms with van der Waals surface area (Å²) >= 11 is 0. The van der Waals surface area contributed by atoms with Crippen molar-refractivity contribution < 1.29 is 13.9 Å². The number of ether oxygens (including phenoxy) is 1. The second-order valence-corrected chi connectivity index (χ2v) is 4.96. The van der Waals surface area contributed by atoms with Crippen molar-refractivity contribution in [2.24, 2.45) is 0 Å². The van der Waals surface area contributed by atoms with Gasteiger partial charge in [-0.3, -0.25) is 4.79 Å². The van der Waals surface area contributed by atoms with Crippen LogP contribution in [0.1, 0.15) is 36.8 Å². The highest BCUT2D eigenvalue weighted by molar-refractivity contribution is 5.81. The monoisotopic (exact) mass is 250 g/mol. The second kappa shape index (κ2) is 6.10. The van der Waals surface area contributed by atoms with E-state index in [0.29, 0.717) is 12.8 Å². The van der Waals surface area contributed by atoms with Gasteiger partial charge in [-0.05, 0) is 49.4 Å². The maximum atomic E-state index is 13.1. The molecule has 0 amide bonds. The zero-order chi connectivity index (χ0) is 13.0. The van der Waals surface area contributed by atoms with Gasteiger partial charge in [-0.1, -0.05) is 6.07 Å². The number of carbonyl (C=O) groups is 1. The van der Waals surface area contributed by atoms with Gasteiger partial charge in [0.2, 0.25) is 0 Å². The second-order valence-electron chi connectivity index (χ2n) is 4.96. The van der Waals surface area contributed by atoms with Gasteiger partial charge in [0.05, 0.1) is 6.10 Å². The van der Waals surface area contributed by atoms with Crippen molar-refractivity contribution in [2.45, 2.75) is 45.1 Å². The number of aryl methyl sites for hydroxylation is 1. The van der Waals surface area contributed by atoms with Gasteiger partial charge >= 0.3 is 0 Å². The molecule has 0 spiro atoms. The summed E-state index contributed by atoms with van der Waals surface area (Å²) in [5.74, 6) is -0.110. The maximum absolute atomic E-state index is 13.1. The molecule has 1 fully saturated rings. The molecule has 18 heavy (non-hydrogen) atoms. The number of rotatable bonds is 5. The average Bonchev–Trinajstić information content (AvgIpc) is 2.84. The molecule has 1 heterocycles. The van der Waals surface area contributed by atoms with Crippen LogP contribution in [0.4, 0.5) is 4.39 Å². The van der Waals surface area contributed by atoms with Gasteiger partial charge in [0.1, 0.15) is 11.6 Å². The third-order valence-electron chi connectivity index (χ3n) is 3.47. The van der Waals surface area contributed by atoms with E-state index in [1.54, 1.807) is 6.07 Å². The van der Waals surface area contributed by atoms with E-state index in [-0.39, 0.29) is 17.7 Å². The van der Waals surface area contributed by atoms with Crippen LogP contribution in [-0.2, 0) is 16.0 Å². The van der Waals surface area contributed by atoms with Gasteiger partial charge in [-0.25, -0.2) is 4.39 Å². The normalized spacial score (nSPS) is 19.1. The summed E-state index contributed by atoms with van der Waals surface area (Å²) in [5.41, 5.74) is 1.77. The van der Waals surface area contributed by atoms with E-state index < -0.39 is 0 Å².